The normalized spacial score (nSPS) is 10.2. The van der Waals surface area contributed by atoms with E-state index >= 15 is 0 Å². The van der Waals surface area contributed by atoms with Gasteiger partial charge in [0.25, 0.3) is 0 Å². The van der Waals surface area contributed by atoms with Crippen LogP contribution in [-0.4, -0.2) is 12.4 Å². The molecule has 1 nitrogen and oxygen atoms in total. The van der Waals surface area contributed by atoms with E-state index in [1.807, 2.05) is 18.7 Å². The van der Waals surface area contributed by atoms with Crippen LogP contribution < -0.4 is 4.74 Å². The summed E-state index contributed by atoms with van der Waals surface area (Å²) in [7, 11) is 0. The minimum atomic E-state index is 0.739. The molecular formula is C12H18OS. The van der Waals surface area contributed by atoms with Crippen molar-refractivity contribution >= 4 is 11.8 Å². The maximum absolute atomic E-state index is 5.57. The molecule has 1 aromatic carbocycles. The minimum Gasteiger partial charge on any atom is -0.493 e. The lowest BCUT2D eigenvalue weighted by atomic mass is 10.2. The summed E-state index contributed by atoms with van der Waals surface area (Å²) in [6.45, 7) is 7.08. The highest BCUT2D eigenvalue weighted by Gasteiger charge is 2.03. The molecule has 0 saturated heterocycles. The van der Waals surface area contributed by atoms with E-state index in [1.54, 1.807) is 0 Å². The monoisotopic (exact) mass is 210 g/mol. The van der Waals surface area contributed by atoms with Gasteiger partial charge < -0.3 is 4.74 Å². The second-order valence-corrected chi connectivity index (χ2v) is 4.37. The number of thioether (sulfide) groups is 1. The zero-order valence-electron chi connectivity index (χ0n) is 9.17. The SMILES string of the molecule is CCCSc1cc(C)ccc1OCC. The third-order valence-corrected chi connectivity index (χ3v) is 3.10. The van der Waals surface area contributed by atoms with E-state index in [-0.39, 0.29) is 0 Å². The first-order valence-corrected chi connectivity index (χ1v) is 6.12. The molecule has 0 aliphatic carbocycles. The van der Waals surface area contributed by atoms with Crippen LogP contribution in [0.3, 0.4) is 0 Å². The van der Waals surface area contributed by atoms with Crippen LogP contribution in [0, 0.1) is 6.92 Å². The van der Waals surface area contributed by atoms with Crippen molar-refractivity contribution < 1.29 is 4.74 Å². The first kappa shape index (κ1) is 11.4. The van der Waals surface area contributed by atoms with Crippen LogP contribution >= 0.6 is 11.8 Å². The first-order valence-electron chi connectivity index (χ1n) is 5.14. The van der Waals surface area contributed by atoms with Gasteiger partial charge in [-0.15, -0.1) is 11.8 Å². The second kappa shape index (κ2) is 5.97. The fourth-order valence-corrected chi connectivity index (χ4v) is 2.18. The zero-order valence-corrected chi connectivity index (χ0v) is 9.99. The lowest BCUT2D eigenvalue weighted by Gasteiger charge is -2.09. The van der Waals surface area contributed by atoms with Crippen LogP contribution in [-0.2, 0) is 0 Å². The number of benzene rings is 1. The molecule has 0 radical (unpaired) electrons. The number of aryl methyl sites for hydroxylation is 1. The Kier molecular flexibility index (Phi) is 4.88. The molecule has 0 aliphatic rings. The highest BCUT2D eigenvalue weighted by Crippen LogP contribution is 2.30. The smallest absolute Gasteiger partial charge is 0.132 e. The van der Waals surface area contributed by atoms with Crippen LogP contribution in [0.5, 0.6) is 5.75 Å². The molecule has 0 aromatic heterocycles. The van der Waals surface area contributed by atoms with E-state index in [9.17, 15) is 0 Å². The molecule has 1 rings (SSSR count). The van der Waals surface area contributed by atoms with Gasteiger partial charge in [-0.25, -0.2) is 0 Å². The van der Waals surface area contributed by atoms with Crippen molar-refractivity contribution in [2.45, 2.75) is 32.1 Å². The van der Waals surface area contributed by atoms with Crippen LogP contribution in [0.2, 0.25) is 0 Å². The number of hydrogen-bond donors (Lipinski definition) is 0. The minimum absolute atomic E-state index is 0.739. The summed E-state index contributed by atoms with van der Waals surface area (Å²) in [6.07, 6.45) is 1.20. The Morgan fingerprint density at radius 1 is 1.29 bits per heavy atom. The van der Waals surface area contributed by atoms with E-state index in [4.69, 9.17) is 4.74 Å². The highest BCUT2D eigenvalue weighted by atomic mass is 32.2. The van der Waals surface area contributed by atoms with Crippen molar-refractivity contribution in [2.75, 3.05) is 12.4 Å². The summed E-state index contributed by atoms with van der Waals surface area (Å²) in [5.41, 5.74) is 1.30. The molecule has 0 atom stereocenters. The summed E-state index contributed by atoms with van der Waals surface area (Å²) in [5.74, 6) is 2.18. The predicted molar refractivity (Wildman–Crippen MR) is 63.4 cm³/mol. The molecule has 0 aliphatic heterocycles. The van der Waals surface area contributed by atoms with Crippen molar-refractivity contribution in [3.8, 4) is 5.75 Å². The van der Waals surface area contributed by atoms with E-state index in [0.717, 1.165) is 18.1 Å². The molecule has 2 heteroatoms. The molecule has 78 valence electrons. The van der Waals surface area contributed by atoms with Gasteiger partial charge in [-0.1, -0.05) is 13.0 Å². The molecular weight excluding hydrogens is 192 g/mol. The van der Waals surface area contributed by atoms with E-state index in [0.29, 0.717) is 0 Å². The Balaban J connectivity index is 2.79. The molecule has 14 heavy (non-hydrogen) atoms. The third kappa shape index (κ3) is 3.26. The average Bonchev–Trinajstić information content (AvgIpc) is 2.18. The second-order valence-electron chi connectivity index (χ2n) is 3.23. The van der Waals surface area contributed by atoms with Crippen LogP contribution in [0.15, 0.2) is 23.1 Å². The van der Waals surface area contributed by atoms with Gasteiger partial charge in [0.05, 0.1) is 6.61 Å². The third-order valence-electron chi connectivity index (χ3n) is 1.86. The summed E-state index contributed by atoms with van der Waals surface area (Å²) in [6, 6.07) is 6.36. The summed E-state index contributed by atoms with van der Waals surface area (Å²) in [5, 5.41) is 0. The number of ether oxygens (including phenoxy) is 1. The lowest BCUT2D eigenvalue weighted by Crippen LogP contribution is -1.94. The lowest BCUT2D eigenvalue weighted by molar-refractivity contribution is 0.332. The fraction of sp³-hybridized carbons (Fsp3) is 0.500. The zero-order chi connectivity index (χ0) is 10.4. The molecule has 0 spiro atoms. The Hall–Kier alpha value is -0.630. The quantitative estimate of drug-likeness (QED) is 0.682. The van der Waals surface area contributed by atoms with Crippen molar-refractivity contribution in [2.24, 2.45) is 0 Å². The molecule has 0 amide bonds. The van der Waals surface area contributed by atoms with E-state index in [1.165, 1.54) is 16.9 Å². The standard InChI is InChI=1S/C12H18OS/c1-4-8-14-12-9-10(3)6-7-11(12)13-5-2/h6-7,9H,4-5,8H2,1-3H3. The van der Waals surface area contributed by atoms with Crippen LogP contribution in [0.25, 0.3) is 0 Å². The molecule has 0 heterocycles. The van der Waals surface area contributed by atoms with E-state index < -0.39 is 0 Å². The van der Waals surface area contributed by atoms with Crippen LogP contribution in [0.4, 0.5) is 0 Å². The van der Waals surface area contributed by atoms with E-state index in [2.05, 4.69) is 32.0 Å². The van der Waals surface area contributed by atoms with Crippen LogP contribution in [0.1, 0.15) is 25.8 Å². The molecule has 0 saturated carbocycles. The van der Waals surface area contributed by atoms with Gasteiger partial charge in [-0.05, 0) is 43.7 Å². The molecule has 0 bridgehead atoms. The average molecular weight is 210 g/mol. The van der Waals surface area contributed by atoms with Gasteiger partial charge in [-0.2, -0.15) is 0 Å². The van der Waals surface area contributed by atoms with Gasteiger partial charge in [0.15, 0.2) is 0 Å². The molecule has 0 unspecified atom stereocenters. The Morgan fingerprint density at radius 2 is 2.07 bits per heavy atom. The topological polar surface area (TPSA) is 9.23 Å². The molecule has 0 fully saturated rings. The largest absolute Gasteiger partial charge is 0.493 e. The Labute approximate surface area is 90.9 Å². The molecule has 0 N–H and O–H groups in total. The Bertz CT molecular complexity index is 284. The van der Waals surface area contributed by atoms with Crippen molar-refractivity contribution in [1.82, 2.24) is 0 Å². The van der Waals surface area contributed by atoms with Crippen molar-refractivity contribution in [1.29, 1.82) is 0 Å². The number of hydrogen-bond acceptors (Lipinski definition) is 2. The predicted octanol–water partition coefficient (Wildman–Crippen LogP) is 3.90. The molecule has 1 aromatic rings. The van der Waals surface area contributed by atoms with Crippen molar-refractivity contribution in [3.05, 3.63) is 23.8 Å². The first-order chi connectivity index (χ1) is 6.77. The summed E-state index contributed by atoms with van der Waals surface area (Å²) < 4.78 is 5.57. The Morgan fingerprint density at radius 3 is 2.71 bits per heavy atom. The van der Waals surface area contributed by atoms with Gasteiger partial charge in [0.1, 0.15) is 5.75 Å². The number of rotatable bonds is 5. The fourth-order valence-electron chi connectivity index (χ4n) is 1.21. The van der Waals surface area contributed by atoms with Gasteiger partial charge in [0.2, 0.25) is 0 Å². The van der Waals surface area contributed by atoms with Crippen molar-refractivity contribution in [3.63, 3.8) is 0 Å². The maximum Gasteiger partial charge on any atom is 0.132 e. The van der Waals surface area contributed by atoms with Gasteiger partial charge in [-0.3, -0.25) is 0 Å². The summed E-state index contributed by atoms with van der Waals surface area (Å²) in [4.78, 5) is 1.27. The summed E-state index contributed by atoms with van der Waals surface area (Å²) >= 11 is 1.88. The maximum atomic E-state index is 5.57. The highest BCUT2D eigenvalue weighted by molar-refractivity contribution is 7.99. The van der Waals surface area contributed by atoms with Gasteiger partial charge >= 0.3 is 0 Å². The van der Waals surface area contributed by atoms with Gasteiger partial charge in [0, 0.05) is 4.90 Å².